The Balaban J connectivity index is 1.79. The molecule has 23 heteroatoms. The first-order valence-corrected chi connectivity index (χ1v) is 17.3. The average molecular weight is 787 g/mol. The standard InChI is InChI=1S/C31H54N4O19/c1-3-18-25(44)27(46)29(48)31(54-18)52-11-9-50-7-5-33-20(37)13-35(21(38)14-34(15-22(39)40)16-23(41)42)12-19(36)32-4-6-49-8-10-51-30-28(47)26(45)24(43)17(2)53-30/h17-18,24-31,43-48H,3-16H2,1-2H3,(H,32,36)(H,33,37)(H,39,40)(H,41,42)/t17-,18-,24-,25-,26+,27+,28+,29+,30+,31+/m0/s1. The van der Waals surface area contributed by atoms with Gasteiger partial charge in [-0.25, -0.2) is 0 Å². The first-order valence-electron chi connectivity index (χ1n) is 17.3. The second-order valence-corrected chi connectivity index (χ2v) is 12.5. The van der Waals surface area contributed by atoms with Gasteiger partial charge in [0.2, 0.25) is 17.7 Å². The normalized spacial score (nSPS) is 28.4. The van der Waals surface area contributed by atoms with Gasteiger partial charge in [0.15, 0.2) is 12.6 Å². The predicted molar refractivity (Wildman–Crippen MR) is 177 cm³/mol. The van der Waals surface area contributed by atoms with E-state index < -0.39 is 124 Å². The van der Waals surface area contributed by atoms with E-state index in [1.54, 1.807) is 6.92 Å². The molecule has 0 aliphatic carbocycles. The van der Waals surface area contributed by atoms with Crippen molar-refractivity contribution >= 4 is 29.7 Å². The summed E-state index contributed by atoms with van der Waals surface area (Å²) in [5.74, 6) is -5.15. The molecule has 2 aliphatic heterocycles. The van der Waals surface area contributed by atoms with Crippen LogP contribution in [0.4, 0.5) is 0 Å². The zero-order chi connectivity index (χ0) is 40.4. The van der Waals surface area contributed by atoms with E-state index in [9.17, 15) is 54.6 Å². The van der Waals surface area contributed by atoms with E-state index in [1.165, 1.54) is 6.92 Å². The van der Waals surface area contributed by atoms with Crippen LogP contribution in [0.25, 0.3) is 0 Å². The van der Waals surface area contributed by atoms with Gasteiger partial charge in [-0.05, 0) is 13.3 Å². The van der Waals surface area contributed by atoms with Crippen LogP contribution in [0.2, 0.25) is 0 Å². The summed E-state index contributed by atoms with van der Waals surface area (Å²) in [6.45, 7) is -0.684. The lowest BCUT2D eigenvalue weighted by molar-refractivity contribution is -0.298. The summed E-state index contributed by atoms with van der Waals surface area (Å²) in [4.78, 5) is 62.5. The molecular formula is C31H54N4O19. The summed E-state index contributed by atoms with van der Waals surface area (Å²) in [5.41, 5.74) is 0. The number of aliphatic hydroxyl groups excluding tert-OH is 6. The van der Waals surface area contributed by atoms with Gasteiger partial charge in [0.25, 0.3) is 0 Å². The Morgan fingerprint density at radius 3 is 1.52 bits per heavy atom. The van der Waals surface area contributed by atoms with Crippen LogP contribution in [0, 0.1) is 0 Å². The summed E-state index contributed by atoms with van der Waals surface area (Å²) in [6.07, 6.45) is -12.0. The maximum atomic E-state index is 13.1. The summed E-state index contributed by atoms with van der Waals surface area (Å²) in [6, 6.07) is 0. The van der Waals surface area contributed by atoms with Crippen LogP contribution < -0.4 is 10.6 Å². The molecule has 0 aromatic rings. The van der Waals surface area contributed by atoms with Crippen molar-refractivity contribution in [2.45, 2.75) is 81.7 Å². The smallest absolute Gasteiger partial charge is 0.317 e. The van der Waals surface area contributed by atoms with Gasteiger partial charge in [-0.2, -0.15) is 0 Å². The van der Waals surface area contributed by atoms with E-state index in [4.69, 9.17) is 38.6 Å². The quantitative estimate of drug-likeness (QED) is 0.0385. The van der Waals surface area contributed by atoms with E-state index in [2.05, 4.69) is 10.6 Å². The van der Waals surface area contributed by atoms with Crippen molar-refractivity contribution in [2.75, 3.05) is 85.5 Å². The number of nitrogens with zero attached hydrogens (tertiary/aromatic N) is 2. The number of ether oxygens (including phenoxy) is 6. The highest BCUT2D eigenvalue weighted by Gasteiger charge is 2.44. The Morgan fingerprint density at radius 2 is 1.06 bits per heavy atom. The number of carboxylic acids is 2. The van der Waals surface area contributed by atoms with Crippen LogP contribution in [0.15, 0.2) is 0 Å². The first-order chi connectivity index (χ1) is 25.5. The van der Waals surface area contributed by atoms with Crippen molar-refractivity contribution in [1.29, 1.82) is 0 Å². The number of aliphatic carboxylic acids is 2. The second-order valence-electron chi connectivity index (χ2n) is 12.5. The number of carboxylic acid groups (broad SMARTS) is 2. The number of amides is 3. The monoisotopic (exact) mass is 786 g/mol. The van der Waals surface area contributed by atoms with Crippen LogP contribution >= 0.6 is 0 Å². The Hall–Kier alpha value is -3.17. The Morgan fingerprint density at radius 1 is 0.593 bits per heavy atom. The molecule has 3 amide bonds. The molecule has 0 bridgehead atoms. The number of aliphatic hydroxyl groups is 6. The SMILES string of the molecule is CC[C@@H]1O[C@@H](OCCOCCNC(=O)CN(CC(=O)NCCOCCO[C@@H]2O[C@@H](C)[C@H](O)[C@@H](O)[C@H]2O)C(=O)CN(CC(=O)O)CC(=O)O)[C@H](O)[C@H](O)[C@H]1O. The third-order valence-corrected chi connectivity index (χ3v) is 8.13. The van der Waals surface area contributed by atoms with E-state index >= 15 is 0 Å². The highest BCUT2D eigenvalue weighted by atomic mass is 16.7. The lowest BCUT2D eigenvalue weighted by Crippen LogP contribution is -2.58. The molecular weight excluding hydrogens is 732 g/mol. The topological polar surface area (TPSA) is 333 Å². The molecule has 10 N–H and O–H groups in total. The Labute approximate surface area is 310 Å². The fourth-order valence-corrected chi connectivity index (χ4v) is 5.25. The Bertz CT molecular complexity index is 1170. The molecule has 0 spiro atoms. The average Bonchev–Trinajstić information content (AvgIpc) is 3.10. The van der Waals surface area contributed by atoms with Crippen LogP contribution in [-0.4, -0.2) is 227 Å². The highest BCUT2D eigenvalue weighted by Crippen LogP contribution is 2.24. The van der Waals surface area contributed by atoms with E-state index in [0.717, 1.165) is 9.80 Å². The summed E-state index contributed by atoms with van der Waals surface area (Å²) in [7, 11) is 0. The molecule has 312 valence electrons. The Kier molecular flexibility index (Phi) is 21.2. The lowest BCUT2D eigenvalue weighted by atomic mass is 9.97. The summed E-state index contributed by atoms with van der Waals surface area (Å²) < 4.78 is 32.2. The van der Waals surface area contributed by atoms with E-state index in [1.807, 2.05) is 0 Å². The zero-order valence-corrected chi connectivity index (χ0v) is 30.1. The van der Waals surface area contributed by atoms with Gasteiger partial charge in [0, 0.05) is 13.1 Å². The van der Waals surface area contributed by atoms with Crippen LogP contribution in [0.5, 0.6) is 0 Å². The summed E-state index contributed by atoms with van der Waals surface area (Å²) >= 11 is 0. The molecule has 2 fully saturated rings. The van der Waals surface area contributed by atoms with E-state index in [-0.39, 0.29) is 52.7 Å². The van der Waals surface area contributed by atoms with Gasteiger partial charge in [0.05, 0.1) is 71.5 Å². The van der Waals surface area contributed by atoms with Gasteiger partial charge in [-0.15, -0.1) is 0 Å². The van der Waals surface area contributed by atoms with Crippen molar-refractivity contribution in [3.8, 4) is 0 Å². The maximum absolute atomic E-state index is 13.1. The van der Waals surface area contributed by atoms with Gasteiger partial charge >= 0.3 is 11.9 Å². The summed E-state index contributed by atoms with van der Waals surface area (Å²) in [5, 5.41) is 82.8. The molecule has 2 aliphatic rings. The number of hydrogen-bond acceptors (Lipinski definition) is 18. The van der Waals surface area contributed by atoms with Gasteiger partial charge in [-0.1, -0.05) is 6.92 Å². The molecule has 0 saturated carbocycles. The van der Waals surface area contributed by atoms with Crippen molar-refractivity contribution < 1.29 is 93.2 Å². The number of carbonyl (C=O) groups excluding carboxylic acids is 3. The molecule has 0 radical (unpaired) electrons. The minimum absolute atomic E-state index is 0.00508. The predicted octanol–water partition coefficient (Wildman–Crippen LogP) is -6.37. The maximum Gasteiger partial charge on any atom is 0.317 e. The van der Waals surface area contributed by atoms with E-state index in [0.29, 0.717) is 6.42 Å². The fraction of sp³-hybridized carbons (Fsp3) is 0.839. The van der Waals surface area contributed by atoms with Crippen molar-refractivity contribution in [1.82, 2.24) is 20.4 Å². The van der Waals surface area contributed by atoms with Gasteiger partial charge in [-0.3, -0.25) is 28.9 Å². The molecule has 0 unspecified atom stereocenters. The zero-order valence-electron chi connectivity index (χ0n) is 30.1. The molecule has 2 saturated heterocycles. The third kappa shape index (κ3) is 16.3. The van der Waals surface area contributed by atoms with Crippen molar-refractivity contribution in [3.63, 3.8) is 0 Å². The molecule has 0 aromatic heterocycles. The number of hydrogen-bond donors (Lipinski definition) is 10. The third-order valence-electron chi connectivity index (χ3n) is 8.13. The minimum Gasteiger partial charge on any atom is -0.480 e. The second kappa shape index (κ2) is 24.4. The largest absolute Gasteiger partial charge is 0.480 e. The van der Waals surface area contributed by atoms with Crippen LogP contribution in [-0.2, 0) is 52.4 Å². The molecule has 2 heterocycles. The molecule has 10 atom stereocenters. The van der Waals surface area contributed by atoms with Gasteiger partial charge in [0.1, 0.15) is 49.7 Å². The van der Waals surface area contributed by atoms with Crippen molar-refractivity contribution in [2.24, 2.45) is 0 Å². The minimum atomic E-state index is -1.48. The number of nitrogens with one attached hydrogen (secondary N) is 2. The molecule has 54 heavy (non-hydrogen) atoms. The highest BCUT2D eigenvalue weighted by molar-refractivity contribution is 5.90. The first kappa shape index (κ1) is 47.0. The molecule has 0 aromatic carbocycles. The van der Waals surface area contributed by atoms with Crippen LogP contribution in [0.1, 0.15) is 20.3 Å². The van der Waals surface area contributed by atoms with Crippen LogP contribution in [0.3, 0.4) is 0 Å². The number of rotatable bonds is 25. The fourth-order valence-electron chi connectivity index (χ4n) is 5.25. The van der Waals surface area contributed by atoms with Crippen molar-refractivity contribution in [3.05, 3.63) is 0 Å². The number of carbonyl (C=O) groups is 5. The molecule has 23 nitrogen and oxygen atoms in total. The molecule has 2 rings (SSSR count). The lowest BCUT2D eigenvalue weighted by Gasteiger charge is -2.40. The van der Waals surface area contributed by atoms with Gasteiger partial charge < -0.3 is 84.8 Å².